The quantitative estimate of drug-likeness (QED) is 0.166. The van der Waals surface area contributed by atoms with Crippen LogP contribution in [0.5, 0.6) is 0 Å². The van der Waals surface area contributed by atoms with E-state index < -0.39 is 0 Å². The van der Waals surface area contributed by atoms with E-state index in [0.29, 0.717) is 17.5 Å². The van der Waals surface area contributed by atoms with Crippen LogP contribution in [0, 0.1) is 0 Å². The number of benzene rings is 9. The van der Waals surface area contributed by atoms with Gasteiger partial charge in [-0.25, -0.2) is 15.0 Å². The fourth-order valence-corrected chi connectivity index (χ4v) is 9.20. The van der Waals surface area contributed by atoms with E-state index in [4.69, 9.17) is 15.0 Å². The highest BCUT2D eigenvalue weighted by molar-refractivity contribution is 7.26. The van der Waals surface area contributed by atoms with Crippen LogP contribution in [0.25, 0.3) is 109 Å². The largest absolute Gasteiger partial charge is 0.208 e. The number of hydrogen-bond donors (Lipinski definition) is 0. The Balaban J connectivity index is 1.05. The van der Waals surface area contributed by atoms with Crippen LogP contribution < -0.4 is 0 Å². The fourth-order valence-electron chi connectivity index (χ4n) is 8.09. The van der Waals surface area contributed by atoms with Crippen LogP contribution in [-0.4, -0.2) is 15.0 Å². The zero-order valence-electron chi connectivity index (χ0n) is 29.6. The summed E-state index contributed by atoms with van der Waals surface area (Å²) in [7, 11) is 0. The van der Waals surface area contributed by atoms with Gasteiger partial charge in [-0.1, -0.05) is 164 Å². The van der Waals surface area contributed by atoms with Crippen LogP contribution in [0.3, 0.4) is 0 Å². The highest BCUT2D eigenvalue weighted by Gasteiger charge is 2.17. The Kier molecular flexibility index (Phi) is 7.35. The molecule has 0 amide bonds. The van der Waals surface area contributed by atoms with Crippen molar-refractivity contribution in [2.75, 3.05) is 0 Å². The van der Waals surface area contributed by atoms with Crippen molar-refractivity contribution in [1.29, 1.82) is 0 Å². The van der Waals surface area contributed by atoms with Gasteiger partial charge in [-0.2, -0.15) is 0 Å². The fraction of sp³-hybridized carbons (Fsp3) is 0. The zero-order valence-corrected chi connectivity index (χ0v) is 30.5. The van der Waals surface area contributed by atoms with Crippen molar-refractivity contribution < 1.29 is 0 Å². The molecule has 0 radical (unpaired) electrons. The number of hydrogen-bond acceptors (Lipinski definition) is 4. The molecule has 0 aliphatic carbocycles. The lowest BCUT2D eigenvalue weighted by Gasteiger charge is -2.14. The summed E-state index contributed by atoms with van der Waals surface area (Å²) < 4.78 is 2.66. The maximum Gasteiger partial charge on any atom is 0.164 e. The maximum absolute atomic E-state index is 5.06. The first-order chi connectivity index (χ1) is 27.2. The Labute approximate surface area is 321 Å². The third kappa shape index (κ3) is 5.38. The molecule has 3 nitrogen and oxygen atoms in total. The Hall–Kier alpha value is -7.01. The minimum Gasteiger partial charge on any atom is -0.208 e. The molecular formula is C51H31N3S. The molecule has 11 rings (SSSR count). The molecule has 9 aromatic carbocycles. The van der Waals surface area contributed by atoms with E-state index in [-0.39, 0.29) is 0 Å². The van der Waals surface area contributed by atoms with Gasteiger partial charge in [-0.3, -0.25) is 0 Å². The highest BCUT2D eigenvalue weighted by atomic mass is 32.1. The van der Waals surface area contributed by atoms with Crippen LogP contribution in [0.2, 0.25) is 0 Å². The van der Waals surface area contributed by atoms with Gasteiger partial charge in [-0.15, -0.1) is 11.3 Å². The standard InChI is InChI=1S/C51H31N3S/c1-3-12-34(13-4-1)49-52-50(35-14-5-2-6-15-35)54-51(53-49)42-19-8-7-18-40(42)38-17-11-16-36(30-38)37-26-28-41-39(31-37)25-24-32-22-23-33-27-29-45-48(47(33)46(32)41)43-20-9-10-21-44(43)55-45/h1-31H. The molecule has 4 heteroatoms. The first kappa shape index (κ1) is 31.5. The zero-order chi connectivity index (χ0) is 36.3. The summed E-state index contributed by atoms with van der Waals surface area (Å²) in [4.78, 5) is 15.0. The lowest BCUT2D eigenvalue weighted by Crippen LogP contribution is -2.01. The molecule has 0 fully saturated rings. The number of rotatable bonds is 5. The van der Waals surface area contributed by atoms with Gasteiger partial charge in [0.05, 0.1) is 0 Å². The van der Waals surface area contributed by atoms with E-state index in [1.54, 1.807) is 0 Å². The van der Waals surface area contributed by atoms with E-state index in [0.717, 1.165) is 33.4 Å². The summed E-state index contributed by atoms with van der Waals surface area (Å²) in [5, 5.41) is 10.4. The number of thiophene rings is 1. The molecule has 0 saturated carbocycles. The highest BCUT2D eigenvalue weighted by Crippen LogP contribution is 2.43. The van der Waals surface area contributed by atoms with Gasteiger partial charge in [-0.05, 0) is 78.8 Å². The molecule has 11 aromatic rings. The van der Waals surface area contributed by atoms with Crippen molar-refractivity contribution in [3.05, 3.63) is 188 Å². The minimum atomic E-state index is 0.644. The first-order valence-electron chi connectivity index (χ1n) is 18.5. The van der Waals surface area contributed by atoms with Gasteiger partial charge < -0.3 is 0 Å². The molecule has 55 heavy (non-hydrogen) atoms. The Morgan fingerprint density at radius 1 is 0.291 bits per heavy atom. The number of fused-ring (bicyclic) bond motifs is 9. The van der Waals surface area contributed by atoms with Crippen molar-refractivity contribution in [2.45, 2.75) is 0 Å². The van der Waals surface area contributed by atoms with E-state index in [9.17, 15) is 0 Å². The second-order valence-corrected chi connectivity index (χ2v) is 15.0. The van der Waals surface area contributed by atoms with E-state index in [2.05, 4.69) is 127 Å². The molecule has 0 aliphatic heterocycles. The molecule has 0 aliphatic rings. The molecule has 256 valence electrons. The molecule has 0 saturated heterocycles. The van der Waals surface area contributed by atoms with Crippen molar-refractivity contribution in [3.63, 3.8) is 0 Å². The van der Waals surface area contributed by atoms with Crippen molar-refractivity contribution in [3.8, 4) is 56.4 Å². The van der Waals surface area contributed by atoms with Gasteiger partial charge in [0.15, 0.2) is 17.5 Å². The first-order valence-corrected chi connectivity index (χ1v) is 19.3. The van der Waals surface area contributed by atoms with Gasteiger partial charge >= 0.3 is 0 Å². The van der Waals surface area contributed by atoms with Crippen molar-refractivity contribution in [2.24, 2.45) is 0 Å². The molecule has 0 unspecified atom stereocenters. The second-order valence-electron chi connectivity index (χ2n) is 14.0. The van der Waals surface area contributed by atoms with Gasteiger partial charge in [0, 0.05) is 36.9 Å². The molecule has 0 atom stereocenters. The predicted octanol–water partition coefficient (Wildman–Crippen LogP) is 14.0. The molecule has 2 heterocycles. The number of nitrogens with zero attached hydrogens (tertiary/aromatic N) is 3. The van der Waals surface area contributed by atoms with Crippen molar-refractivity contribution in [1.82, 2.24) is 15.0 Å². The lowest BCUT2D eigenvalue weighted by molar-refractivity contribution is 1.07. The molecular weight excluding hydrogens is 687 g/mol. The second kappa shape index (κ2) is 12.8. The molecule has 0 spiro atoms. The monoisotopic (exact) mass is 717 g/mol. The van der Waals surface area contributed by atoms with Crippen LogP contribution in [-0.2, 0) is 0 Å². The van der Waals surface area contributed by atoms with Gasteiger partial charge in [0.1, 0.15) is 0 Å². The van der Waals surface area contributed by atoms with Gasteiger partial charge in [0.25, 0.3) is 0 Å². The lowest BCUT2D eigenvalue weighted by atomic mass is 9.91. The normalized spacial score (nSPS) is 11.6. The third-order valence-corrected chi connectivity index (χ3v) is 11.8. The smallest absolute Gasteiger partial charge is 0.164 e. The molecule has 2 aromatic heterocycles. The van der Waals surface area contributed by atoms with Gasteiger partial charge in [0.2, 0.25) is 0 Å². The predicted molar refractivity (Wildman–Crippen MR) is 232 cm³/mol. The van der Waals surface area contributed by atoms with E-state index in [1.165, 1.54) is 58.1 Å². The Bertz CT molecular complexity index is 3200. The van der Waals surface area contributed by atoms with E-state index >= 15 is 0 Å². The summed E-state index contributed by atoms with van der Waals surface area (Å²) in [6.45, 7) is 0. The number of aromatic nitrogens is 3. The van der Waals surface area contributed by atoms with Crippen LogP contribution >= 0.6 is 11.3 Å². The maximum atomic E-state index is 5.06. The summed E-state index contributed by atoms with van der Waals surface area (Å²) in [6.07, 6.45) is 0. The minimum absolute atomic E-state index is 0.644. The topological polar surface area (TPSA) is 38.7 Å². The Morgan fingerprint density at radius 3 is 1.62 bits per heavy atom. The third-order valence-electron chi connectivity index (χ3n) is 10.7. The van der Waals surface area contributed by atoms with Crippen LogP contribution in [0.1, 0.15) is 0 Å². The molecule has 0 bridgehead atoms. The van der Waals surface area contributed by atoms with Crippen molar-refractivity contribution >= 4 is 63.8 Å². The molecule has 0 N–H and O–H groups in total. The summed E-state index contributed by atoms with van der Waals surface area (Å²) in [6, 6.07) is 66.9. The Morgan fingerprint density at radius 2 is 0.855 bits per heavy atom. The average molecular weight is 718 g/mol. The SMILES string of the molecule is c1ccc(-c2nc(-c3ccccc3)nc(-c3ccccc3-c3cccc(-c4ccc5c(ccc6ccc7ccc8sc9ccccc9c8c7c65)c4)c3)n2)cc1. The summed E-state index contributed by atoms with van der Waals surface area (Å²) >= 11 is 1.88. The van der Waals surface area contributed by atoms with E-state index in [1.807, 2.05) is 72.0 Å². The van der Waals surface area contributed by atoms with Crippen LogP contribution in [0.4, 0.5) is 0 Å². The summed E-state index contributed by atoms with van der Waals surface area (Å²) in [5.41, 5.74) is 7.37. The summed E-state index contributed by atoms with van der Waals surface area (Å²) in [5.74, 6) is 1.95. The average Bonchev–Trinajstić information content (AvgIpc) is 3.65. The van der Waals surface area contributed by atoms with Crippen LogP contribution in [0.15, 0.2) is 188 Å².